The predicted molar refractivity (Wildman–Crippen MR) is 98.1 cm³/mol. The number of methoxy groups -OCH3 is 1. The maximum Gasteiger partial charge on any atom is 0.316 e. The first-order valence-corrected chi connectivity index (χ1v) is 9.03. The van der Waals surface area contributed by atoms with Crippen LogP contribution in [0, 0.1) is 0 Å². The lowest BCUT2D eigenvalue weighted by Gasteiger charge is -2.03. The van der Waals surface area contributed by atoms with Crippen molar-refractivity contribution in [3.05, 3.63) is 60.2 Å². The van der Waals surface area contributed by atoms with Crippen LogP contribution >= 0.6 is 11.8 Å². The van der Waals surface area contributed by atoms with E-state index in [1.165, 1.54) is 0 Å². The number of carbonyl (C=O) groups excluding carboxylic acids is 1. The van der Waals surface area contributed by atoms with Gasteiger partial charge in [0.05, 0.1) is 13.7 Å². The van der Waals surface area contributed by atoms with E-state index in [2.05, 4.69) is 10.2 Å². The van der Waals surface area contributed by atoms with Crippen molar-refractivity contribution in [1.29, 1.82) is 0 Å². The number of aromatic nitrogens is 2. The number of hydrogen-bond acceptors (Lipinski definition) is 7. The molecule has 0 atom stereocenters. The highest BCUT2D eigenvalue weighted by Crippen LogP contribution is 2.24. The van der Waals surface area contributed by atoms with E-state index < -0.39 is 0 Å². The van der Waals surface area contributed by atoms with Crippen LogP contribution in [-0.4, -0.2) is 35.6 Å². The Morgan fingerprint density at radius 2 is 1.85 bits per heavy atom. The molecule has 0 amide bonds. The van der Waals surface area contributed by atoms with Crippen LogP contribution in [0.4, 0.5) is 0 Å². The molecule has 0 radical (unpaired) electrons. The summed E-state index contributed by atoms with van der Waals surface area (Å²) < 4.78 is 15.9. The quantitative estimate of drug-likeness (QED) is 0.443. The van der Waals surface area contributed by atoms with Crippen LogP contribution in [0.1, 0.15) is 5.56 Å². The fourth-order valence-electron chi connectivity index (χ4n) is 2.21. The summed E-state index contributed by atoms with van der Waals surface area (Å²) in [5, 5.41) is 8.26. The molecule has 0 fully saturated rings. The highest BCUT2D eigenvalue weighted by Gasteiger charge is 2.12. The highest BCUT2D eigenvalue weighted by atomic mass is 32.2. The maximum atomic E-state index is 11.8. The summed E-state index contributed by atoms with van der Waals surface area (Å²) in [6.07, 6.45) is 0.694. The molecule has 0 spiro atoms. The van der Waals surface area contributed by atoms with Gasteiger partial charge in [0.25, 0.3) is 5.22 Å². The van der Waals surface area contributed by atoms with Crippen molar-refractivity contribution in [1.82, 2.24) is 10.2 Å². The minimum Gasteiger partial charge on any atom is -0.497 e. The van der Waals surface area contributed by atoms with Crippen molar-refractivity contribution in [3.63, 3.8) is 0 Å². The lowest BCUT2D eigenvalue weighted by molar-refractivity contribution is -0.140. The summed E-state index contributed by atoms with van der Waals surface area (Å²) >= 11 is 1.16. The van der Waals surface area contributed by atoms with E-state index in [4.69, 9.17) is 13.9 Å². The number of thioether (sulfide) groups is 1. The van der Waals surface area contributed by atoms with Crippen molar-refractivity contribution in [2.75, 3.05) is 19.5 Å². The molecule has 1 aromatic heterocycles. The van der Waals surface area contributed by atoms with Gasteiger partial charge >= 0.3 is 5.97 Å². The molecule has 0 bridgehead atoms. The summed E-state index contributed by atoms with van der Waals surface area (Å²) in [7, 11) is 1.61. The van der Waals surface area contributed by atoms with E-state index in [0.29, 0.717) is 24.1 Å². The normalized spacial score (nSPS) is 10.5. The number of nitrogens with zero attached hydrogens (tertiary/aromatic N) is 2. The van der Waals surface area contributed by atoms with Gasteiger partial charge in [-0.3, -0.25) is 4.79 Å². The Morgan fingerprint density at radius 1 is 1.08 bits per heavy atom. The van der Waals surface area contributed by atoms with Crippen molar-refractivity contribution in [2.45, 2.75) is 11.6 Å². The van der Waals surface area contributed by atoms with Gasteiger partial charge in [0.15, 0.2) is 0 Å². The molecule has 0 saturated heterocycles. The second-order valence-corrected chi connectivity index (χ2v) is 6.27. The number of ether oxygens (including phenoxy) is 2. The zero-order valence-electron chi connectivity index (χ0n) is 14.3. The minimum absolute atomic E-state index is 0.124. The molecular weight excluding hydrogens is 352 g/mol. The van der Waals surface area contributed by atoms with Gasteiger partial charge in [0.2, 0.25) is 5.89 Å². The van der Waals surface area contributed by atoms with E-state index in [0.717, 1.165) is 28.6 Å². The average Bonchev–Trinajstić information content (AvgIpc) is 3.16. The molecular formula is C19H18N2O4S. The van der Waals surface area contributed by atoms with Gasteiger partial charge in [-0.05, 0) is 29.8 Å². The van der Waals surface area contributed by atoms with E-state index >= 15 is 0 Å². The first-order chi connectivity index (χ1) is 12.7. The molecule has 2 aromatic carbocycles. The first kappa shape index (κ1) is 18.0. The number of benzene rings is 2. The Balaban J connectivity index is 1.44. The molecule has 3 rings (SSSR count). The second-order valence-electron chi connectivity index (χ2n) is 5.35. The smallest absolute Gasteiger partial charge is 0.316 e. The maximum absolute atomic E-state index is 11.8. The Kier molecular flexibility index (Phi) is 6.27. The Morgan fingerprint density at radius 3 is 2.58 bits per heavy atom. The number of esters is 1. The van der Waals surface area contributed by atoms with Crippen LogP contribution in [0.15, 0.2) is 64.2 Å². The molecule has 3 aromatic rings. The molecule has 134 valence electrons. The van der Waals surface area contributed by atoms with Crippen LogP contribution in [-0.2, 0) is 16.0 Å². The molecule has 1 heterocycles. The third-order valence-corrected chi connectivity index (χ3v) is 4.35. The Hall–Kier alpha value is -2.80. The number of hydrogen-bond donors (Lipinski definition) is 0. The van der Waals surface area contributed by atoms with Gasteiger partial charge < -0.3 is 13.9 Å². The van der Waals surface area contributed by atoms with Crippen molar-refractivity contribution >= 4 is 17.7 Å². The summed E-state index contributed by atoms with van der Waals surface area (Å²) in [6.45, 7) is 0.352. The van der Waals surface area contributed by atoms with Gasteiger partial charge in [-0.25, -0.2) is 0 Å². The molecule has 26 heavy (non-hydrogen) atoms. The van der Waals surface area contributed by atoms with Crippen molar-refractivity contribution in [2.24, 2.45) is 0 Å². The van der Waals surface area contributed by atoms with Gasteiger partial charge in [0.1, 0.15) is 11.5 Å². The summed E-state index contributed by atoms with van der Waals surface area (Å²) in [5.74, 6) is 0.961. The van der Waals surface area contributed by atoms with Crippen LogP contribution < -0.4 is 4.74 Å². The zero-order chi connectivity index (χ0) is 18.2. The van der Waals surface area contributed by atoms with Gasteiger partial charge in [0, 0.05) is 12.0 Å². The van der Waals surface area contributed by atoms with E-state index in [9.17, 15) is 4.79 Å². The third-order valence-electron chi connectivity index (χ3n) is 3.55. The summed E-state index contributed by atoms with van der Waals surface area (Å²) in [6, 6.07) is 17.2. The van der Waals surface area contributed by atoms with E-state index in [1.807, 2.05) is 54.6 Å². The average molecular weight is 370 g/mol. The Labute approximate surface area is 155 Å². The number of rotatable bonds is 8. The van der Waals surface area contributed by atoms with E-state index in [1.54, 1.807) is 7.11 Å². The molecule has 0 aliphatic carbocycles. The molecule has 0 saturated carbocycles. The van der Waals surface area contributed by atoms with Crippen LogP contribution in [0.25, 0.3) is 11.5 Å². The summed E-state index contributed by atoms with van der Waals surface area (Å²) in [5.41, 5.74) is 1.92. The Bertz CT molecular complexity index is 834. The monoisotopic (exact) mass is 370 g/mol. The molecule has 6 nitrogen and oxygen atoms in total. The molecule has 0 aliphatic heterocycles. The number of carbonyl (C=O) groups is 1. The van der Waals surface area contributed by atoms with Crippen LogP contribution in [0.3, 0.4) is 0 Å². The topological polar surface area (TPSA) is 74.5 Å². The SMILES string of the molecule is COc1ccc(-c2nnc(SCC(=O)OCCc3ccccc3)o2)cc1. The largest absolute Gasteiger partial charge is 0.497 e. The summed E-state index contributed by atoms with van der Waals surface area (Å²) in [4.78, 5) is 11.8. The van der Waals surface area contributed by atoms with Crippen molar-refractivity contribution < 1.29 is 18.7 Å². The molecule has 0 aliphatic rings. The fourth-order valence-corrected chi connectivity index (χ4v) is 2.77. The van der Waals surface area contributed by atoms with Crippen LogP contribution in [0.2, 0.25) is 0 Å². The van der Waals surface area contributed by atoms with Crippen molar-refractivity contribution in [3.8, 4) is 17.2 Å². The second kappa shape index (κ2) is 9.05. The third kappa shape index (κ3) is 5.10. The van der Waals surface area contributed by atoms with Gasteiger partial charge in [-0.2, -0.15) is 0 Å². The van der Waals surface area contributed by atoms with Gasteiger partial charge in [-0.1, -0.05) is 42.1 Å². The first-order valence-electron chi connectivity index (χ1n) is 8.05. The zero-order valence-corrected chi connectivity index (χ0v) is 15.1. The lowest BCUT2D eigenvalue weighted by Crippen LogP contribution is -2.10. The lowest BCUT2D eigenvalue weighted by atomic mass is 10.2. The molecule has 0 unspecified atom stereocenters. The predicted octanol–water partition coefficient (Wildman–Crippen LogP) is 3.62. The highest BCUT2D eigenvalue weighted by molar-refractivity contribution is 7.99. The van der Waals surface area contributed by atoms with E-state index in [-0.39, 0.29) is 11.7 Å². The molecule has 7 heteroatoms. The molecule has 0 N–H and O–H groups in total. The van der Waals surface area contributed by atoms with Gasteiger partial charge in [-0.15, -0.1) is 10.2 Å². The fraction of sp³-hybridized carbons (Fsp3) is 0.211. The minimum atomic E-state index is -0.310. The van der Waals surface area contributed by atoms with Crippen LogP contribution in [0.5, 0.6) is 5.75 Å². The standard InChI is InChI=1S/C19H18N2O4S/c1-23-16-9-7-15(8-10-16)18-20-21-19(25-18)26-13-17(22)24-12-11-14-5-3-2-4-6-14/h2-10H,11-13H2,1H3.